The largest absolute Gasteiger partial charge is 0.463 e. The highest BCUT2D eigenvalue weighted by molar-refractivity contribution is 7.85. The molecule has 2 aromatic carbocycles. The van der Waals surface area contributed by atoms with Crippen LogP contribution in [-0.2, 0) is 10.8 Å². The summed E-state index contributed by atoms with van der Waals surface area (Å²) in [6.45, 7) is 1.96. The van der Waals surface area contributed by atoms with Gasteiger partial charge < -0.3 is 4.42 Å². The van der Waals surface area contributed by atoms with Crippen molar-refractivity contribution in [1.29, 1.82) is 0 Å². The number of aryl methyl sites for hydroxylation is 1. The van der Waals surface area contributed by atoms with Gasteiger partial charge in [0, 0.05) is 4.90 Å². The fourth-order valence-electron chi connectivity index (χ4n) is 1.98. The molecule has 0 saturated heterocycles. The Morgan fingerprint density at radius 2 is 1.70 bits per heavy atom. The lowest BCUT2D eigenvalue weighted by atomic mass is 10.2. The zero-order chi connectivity index (χ0) is 14.1. The molecule has 4 heteroatoms. The summed E-state index contributed by atoms with van der Waals surface area (Å²) in [6, 6.07) is 14.2. The molecule has 100 valence electrons. The highest BCUT2D eigenvalue weighted by Crippen LogP contribution is 2.17. The lowest BCUT2D eigenvalue weighted by Crippen LogP contribution is -2.10. The molecule has 3 aromatic rings. The van der Waals surface area contributed by atoms with Crippen LogP contribution in [-0.4, -0.2) is 4.21 Å². The van der Waals surface area contributed by atoms with Crippen molar-refractivity contribution in [3.63, 3.8) is 0 Å². The molecule has 0 aliphatic carbocycles. The van der Waals surface area contributed by atoms with Gasteiger partial charge in [-0.05, 0) is 31.2 Å². The molecule has 0 aliphatic rings. The van der Waals surface area contributed by atoms with Crippen LogP contribution in [0.25, 0.3) is 11.0 Å². The first-order chi connectivity index (χ1) is 9.66. The van der Waals surface area contributed by atoms with E-state index >= 15 is 0 Å². The number of para-hydroxylation sites is 1. The van der Waals surface area contributed by atoms with E-state index in [4.69, 9.17) is 4.42 Å². The molecule has 0 radical (unpaired) electrons. The summed E-state index contributed by atoms with van der Waals surface area (Å²) in [5, 5.41) is 0.450. The quantitative estimate of drug-likeness (QED) is 0.725. The summed E-state index contributed by atoms with van der Waals surface area (Å²) in [5.41, 5.74) is 1.34. The number of fused-ring (bicyclic) bond motifs is 1. The van der Waals surface area contributed by atoms with Gasteiger partial charge in [-0.1, -0.05) is 29.8 Å². The fraction of sp³-hybridized carbons (Fsp3) is 0.0625. The van der Waals surface area contributed by atoms with Crippen LogP contribution < -0.4 is 5.43 Å². The topological polar surface area (TPSA) is 47.3 Å². The molecule has 0 N–H and O–H groups in total. The van der Waals surface area contributed by atoms with Crippen LogP contribution in [0, 0.1) is 6.92 Å². The van der Waals surface area contributed by atoms with E-state index in [0.29, 0.717) is 15.9 Å². The molecule has 0 spiro atoms. The monoisotopic (exact) mass is 284 g/mol. The van der Waals surface area contributed by atoms with Gasteiger partial charge in [0.15, 0.2) is 0 Å². The van der Waals surface area contributed by atoms with E-state index < -0.39 is 10.8 Å². The van der Waals surface area contributed by atoms with E-state index in [-0.39, 0.29) is 10.3 Å². The first-order valence-electron chi connectivity index (χ1n) is 6.16. The van der Waals surface area contributed by atoms with Gasteiger partial charge in [-0.25, -0.2) is 4.21 Å². The van der Waals surface area contributed by atoms with Gasteiger partial charge in [0.2, 0.25) is 5.43 Å². The summed E-state index contributed by atoms with van der Waals surface area (Å²) in [5.74, 6) is 0. The van der Waals surface area contributed by atoms with Gasteiger partial charge in [-0.3, -0.25) is 4.79 Å². The molecule has 1 atom stereocenters. The molecular weight excluding hydrogens is 272 g/mol. The maximum absolute atomic E-state index is 12.5. The second-order valence-electron chi connectivity index (χ2n) is 4.51. The molecule has 1 heterocycles. The smallest absolute Gasteiger partial charge is 0.209 e. The van der Waals surface area contributed by atoms with Crippen LogP contribution in [0.15, 0.2) is 73.8 Å². The first-order valence-corrected chi connectivity index (χ1v) is 7.31. The SMILES string of the molecule is Cc1ccc(S(=O)c2coc3ccccc3c2=O)cc1. The Labute approximate surface area is 118 Å². The molecule has 1 unspecified atom stereocenters. The Kier molecular flexibility index (Phi) is 3.24. The van der Waals surface area contributed by atoms with Crippen LogP contribution in [0.5, 0.6) is 0 Å². The summed E-state index contributed by atoms with van der Waals surface area (Å²) >= 11 is 0. The van der Waals surface area contributed by atoms with E-state index in [2.05, 4.69) is 0 Å². The zero-order valence-corrected chi connectivity index (χ0v) is 11.6. The number of hydrogen-bond acceptors (Lipinski definition) is 3. The summed E-state index contributed by atoms with van der Waals surface area (Å²) in [4.78, 5) is 13.1. The van der Waals surface area contributed by atoms with Crippen LogP contribution >= 0.6 is 0 Å². The molecule has 3 nitrogen and oxygen atoms in total. The molecule has 0 fully saturated rings. The van der Waals surface area contributed by atoms with Crippen molar-refractivity contribution in [3.05, 3.63) is 70.6 Å². The Hall–Kier alpha value is -2.20. The van der Waals surface area contributed by atoms with E-state index in [1.165, 1.54) is 6.26 Å². The molecule has 20 heavy (non-hydrogen) atoms. The lowest BCUT2D eigenvalue weighted by molar-refractivity contribution is 0.584. The highest BCUT2D eigenvalue weighted by atomic mass is 32.2. The normalized spacial score (nSPS) is 12.4. The summed E-state index contributed by atoms with van der Waals surface area (Å²) < 4.78 is 17.9. The minimum absolute atomic E-state index is 0.174. The average molecular weight is 284 g/mol. The standard InChI is InChI=1S/C16H12O3S/c1-11-6-8-12(9-7-11)20(18)15-10-19-14-5-3-2-4-13(14)16(15)17/h2-10H,1H3. The van der Waals surface area contributed by atoms with E-state index in [9.17, 15) is 9.00 Å². The number of benzene rings is 2. The molecule has 0 aliphatic heterocycles. The van der Waals surface area contributed by atoms with Crippen molar-refractivity contribution in [2.75, 3.05) is 0 Å². The van der Waals surface area contributed by atoms with E-state index in [1.54, 1.807) is 36.4 Å². The van der Waals surface area contributed by atoms with E-state index in [0.717, 1.165) is 5.56 Å². The van der Waals surface area contributed by atoms with Crippen LogP contribution in [0.4, 0.5) is 0 Å². The lowest BCUT2D eigenvalue weighted by Gasteiger charge is -2.03. The van der Waals surface area contributed by atoms with Gasteiger partial charge in [-0.2, -0.15) is 0 Å². The number of rotatable bonds is 2. The van der Waals surface area contributed by atoms with Crippen molar-refractivity contribution in [2.24, 2.45) is 0 Å². The molecule has 3 rings (SSSR count). The van der Waals surface area contributed by atoms with Crippen LogP contribution in [0.1, 0.15) is 5.56 Å². The van der Waals surface area contributed by atoms with Gasteiger partial charge in [-0.15, -0.1) is 0 Å². The minimum atomic E-state index is -1.53. The van der Waals surface area contributed by atoms with E-state index in [1.807, 2.05) is 19.1 Å². The number of hydrogen-bond donors (Lipinski definition) is 0. The molecule has 0 bridgehead atoms. The Morgan fingerprint density at radius 1 is 1.00 bits per heavy atom. The molecule has 1 aromatic heterocycles. The van der Waals surface area contributed by atoms with Crippen LogP contribution in [0.3, 0.4) is 0 Å². The summed E-state index contributed by atoms with van der Waals surface area (Å²) in [6.07, 6.45) is 1.29. The Balaban J connectivity index is 2.15. The molecular formula is C16H12O3S. The van der Waals surface area contributed by atoms with Gasteiger partial charge in [0.05, 0.1) is 16.2 Å². The van der Waals surface area contributed by atoms with Crippen molar-refractivity contribution in [1.82, 2.24) is 0 Å². The summed E-state index contributed by atoms with van der Waals surface area (Å²) in [7, 11) is -1.53. The maximum Gasteiger partial charge on any atom is 0.209 e. The molecule has 0 amide bonds. The van der Waals surface area contributed by atoms with Gasteiger partial charge in [0.1, 0.15) is 16.7 Å². The van der Waals surface area contributed by atoms with Gasteiger partial charge in [0.25, 0.3) is 0 Å². The predicted octanol–water partition coefficient (Wildman–Crippen LogP) is 3.27. The first kappa shape index (κ1) is 12.8. The third kappa shape index (κ3) is 2.18. The van der Waals surface area contributed by atoms with Crippen molar-refractivity contribution in [2.45, 2.75) is 16.7 Å². The zero-order valence-electron chi connectivity index (χ0n) is 10.8. The average Bonchev–Trinajstić information content (AvgIpc) is 2.48. The Bertz CT molecular complexity index is 847. The maximum atomic E-state index is 12.5. The third-order valence-electron chi connectivity index (χ3n) is 3.08. The predicted molar refractivity (Wildman–Crippen MR) is 78.3 cm³/mol. The molecule has 0 saturated carbocycles. The fourth-order valence-corrected chi connectivity index (χ4v) is 3.03. The second kappa shape index (κ2) is 5.06. The Morgan fingerprint density at radius 3 is 2.45 bits per heavy atom. The third-order valence-corrected chi connectivity index (χ3v) is 4.46. The minimum Gasteiger partial charge on any atom is -0.463 e. The van der Waals surface area contributed by atoms with Crippen molar-refractivity contribution >= 4 is 21.8 Å². The van der Waals surface area contributed by atoms with Gasteiger partial charge >= 0.3 is 0 Å². The highest BCUT2D eigenvalue weighted by Gasteiger charge is 2.14. The van der Waals surface area contributed by atoms with Crippen molar-refractivity contribution in [3.8, 4) is 0 Å². The van der Waals surface area contributed by atoms with Crippen LogP contribution in [0.2, 0.25) is 0 Å². The second-order valence-corrected chi connectivity index (χ2v) is 5.96. The van der Waals surface area contributed by atoms with Crippen molar-refractivity contribution < 1.29 is 8.63 Å².